The largest absolute Gasteiger partial charge is 0.466 e. The number of allylic oxidation sites excluding steroid dienone is 5. The van der Waals surface area contributed by atoms with Crippen LogP contribution in [0.1, 0.15) is 373 Å². The zero-order chi connectivity index (χ0) is 55.0. The van der Waals surface area contributed by atoms with Gasteiger partial charge in [0.25, 0.3) is 0 Å². The molecule has 3 N–H and O–H groups in total. The summed E-state index contributed by atoms with van der Waals surface area (Å²) in [7, 11) is 0. The summed E-state index contributed by atoms with van der Waals surface area (Å²) < 4.78 is 5.47. The lowest BCUT2D eigenvalue weighted by atomic mass is 10.0. The van der Waals surface area contributed by atoms with Crippen molar-refractivity contribution < 1.29 is 24.5 Å². The Morgan fingerprint density at radius 3 is 1.05 bits per heavy atom. The Labute approximate surface area is 474 Å². The minimum absolute atomic E-state index is 0.00107. The number of carbonyl (C=O) groups is 2. The first-order valence-corrected chi connectivity index (χ1v) is 34.3. The highest BCUT2D eigenvalue weighted by Gasteiger charge is 2.18. The number of carbonyl (C=O) groups excluding carboxylic acids is 2. The molecule has 0 spiro atoms. The predicted molar refractivity (Wildman–Crippen MR) is 333 cm³/mol. The van der Waals surface area contributed by atoms with E-state index in [4.69, 9.17) is 4.74 Å². The van der Waals surface area contributed by atoms with Crippen LogP contribution in [0.5, 0.6) is 0 Å². The third-order valence-electron chi connectivity index (χ3n) is 15.9. The van der Waals surface area contributed by atoms with Crippen molar-refractivity contribution in [3.8, 4) is 0 Å². The van der Waals surface area contributed by atoms with Gasteiger partial charge in [-0.1, -0.05) is 339 Å². The summed E-state index contributed by atoms with van der Waals surface area (Å²) in [6, 6.07) is -0.629. The van der Waals surface area contributed by atoms with Crippen molar-refractivity contribution in [1.82, 2.24) is 5.32 Å². The minimum atomic E-state index is -0.846. The van der Waals surface area contributed by atoms with Crippen LogP contribution in [0.25, 0.3) is 0 Å². The van der Waals surface area contributed by atoms with Crippen molar-refractivity contribution in [3.05, 3.63) is 36.5 Å². The lowest BCUT2D eigenvalue weighted by Crippen LogP contribution is -2.45. The Morgan fingerprint density at radius 2 is 0.684 bits per heavy atom. The van der Waals surface area contributed by atoms with Crippen molar-refractivity contribution in [3.63, 3.8) is 0 Å². The average molecular weight is 1070 g/mol. The van der Waals surface area contributed by atoms with Crippen LogP contribution < -0.4 is 5.32 Å². The maximum atomic E-state index is 12.5. The third kappa shape index (κ3) is 61.3. The molecule has 0 radical (unpaired) electrons. The van der Waals surface area contributed by atoms with Crippen LogP contribution in [-0.4, -0.2) is 47.4 Å². The lowest BCUT2D eigenvalue weighted by Gasteiger charge is -2.20. The number of hydrogen-bond acceptors (Lipinski definition) is 5. The predicted octanol–water partition coefficient (Wildman–Crippen LogP) is 21.9. The second-order valence-electron chi connectivity index (χ2n) is 23.5. The first-order valence-electron chi connectivity index (χ1n) is 34.3. The van der Waals surface area contributed by atoms with Crippen LogP contribution in [-0.2, 0) is 14.3 Å². The molecular weight excluding hydrogens is 935 g/mol. The van der Waals surface area contributed by atoms with E-state index in [0.717, 1.165) is 51.4 Å². The molecule has 6 heteroatoms. The van der Waals surface area contributed by atoms with E-state index >= 15 is 0 Å². The summed E-state index contributed by atoms with van der Waals surface area (Å²) in [5, 5.41) is 23.3. The Balaban J connectivity index is 3.41. The molecule has 0 bridgehead atoms. The Hall–Kier alpha value is -1.92. The summed E-state index contributed by atoms with van der Waals surface area (Å²) in [6.45, 7) is 4.86. The van der Waals surface area contributed by atoms with Crippen molar-refractivity contribution >= 4 is 11.9 Å². The van der Waals surface area contributed by atoms with Crippen LogP contribution in [0, 0.1) is 0 Å². The van der Waals surface area contributed by atoms with Gasteiger partial charge in [-0.2, -0.15) is 0 Å². The molecule has 0 aliphatic carbocycles. The molecule has 2 unspecified atom stereocenters. The van der Waals surface area contributed by atoms with Crippen LogP contribution in [0.4, 0.5) is 0 Å². The van der Waals surface area contributed by atoms with E-state index in [9.17, 15) is 19.8 Å². The molecular formula is C70H133NO5. The Bertz CT molecular complexity index is 1230. The van der Waals surface area contributed by atoms with Gasteiger partial charge in [0.1, 0.15) is 0 Å². The smallest absolute Gasteiger partial charge is 0.305 e. The molecule has 0 rings (SSSR count). The van der Waals surface area contributed by atoms with Crippen molar-refractivity contribution in [2.75, 3.05) is 13.2 Å². The van der Waals surface area contributed by atoms with Crippen molar-refractivity contribution in [1.29, 1.82) is 0 Å². The summed E-state index contributed by atoms with van der Waals surface area (Å²) in [5.74, 6) is -0.0650. The molecule has 1 amide bonds. The number of unbranched alkanes of at least 4 members (excludes halogenated alkanes) is 49. The molecule has 6 nitrogen and oxygen atoms in total. The highest BCUT2D eigenvalue weighted by atomic mass is 16.5. The second-order valence-corrected chi connectivity index (χ2v) is 23.5. The molecule has 2 atom stereocenters. The summed E-state index contributed by atoms with van der Waals surface area (Å²) in [4.78, 5) is 24.6. The number of hydrogen-bond donors (Lipinski definition) is 3. The number of esters is 1. The normalized spacial score (nSPS) is 12.7. The Kier molecular flexibility index (Phi) is 63.9. The number of rotatable bonds is 64. The van der Waals surface area contributed by atoms with Gasteiger partial charge < -0.3 is 20.3 Å². The molecule has 0 aromatic heterocycles. The van der Waals surface area contributed by atoms with Crippen molar-refractivity contribution in [2.45, 2.75) is 386 Å². The van der Waals surface area contributed by atoms with Gasteiger partial charge in [0.2, 0.25) is 5.91 Å². The van der Waals surface area contributed by atoms with E-state index in [1.165, 1.54) is 295 Å². The van der Waals surface area contributed by atoms with Crippen LogP contribution in [0.15, 0.2) is 36.5 Å². The fourth-order valence-electron chi connectivity index (χ4n) is 10.7. The fourth-order valence-corrected chi connectivity index (χ4v) is 10.7. The molecule has 0 fully saturated rings. The zero-order valence-corrected chi connectivity index (χ0v) is 51.3. The van der Waals surface area contributed by atoms with Crippen LogP contribution >= 0.6 is 0 Å². The average Bonchev–Trinajstić information content (AvgIpc) is 3.42. The second kappa shape index (κ2) is 65.6. The first-order chi connectivity index (χ1) is 37.5. The number of aliphatic hydroxyl groups excluding tert-OH is 2. The van der Waals surface area contributed by atoms with Gasteiger partial charge in [0, 0.05) is 12.8 Å². The molecule has 76 heavy (non-hydrogen) atoms. The molecule has 0 aromatic rings. The van der Waals surface area contributed by atoms with Gasteiger partial charge in [-0.05, 0) is 57.8 Å². The summed E-state index contributed by atoms with van der Waals surface area (Å²) in [5.41, 5.74) is 0. The molecule has 0 aromatic carbocycles. The van der Waals surface area contributed by atoms with E-state index in [2.05, 4.69) is 43.5 Å². The van der Waals surface area contributed by atoms with Gasteiger partial charge in [0.05, 0.1) is 25.4 Å². The minimum Gasteiger partial charge on any atom is -0.466 e. The summed E-state index contributed by atoms with van der Waals surface area (Å²) >= 11 is 0. The van der Waals surface area contributed by atoms with Gasteiger partial charge in [-0.15, -0.1) is 0 Å². The monoisotopic (exact) mass is 1070 g/mol. The van der Waals surface area contributed by atoms with E-state index in [1.807, 2.05) is 6.08 Å². The quantitative estimate of drug-likeness (QED) is 0.0320. The molecule has 0 saturated carbocycles. The van der Waals surface area contributed by atoms with E-state index in [1.54, 1.807) is 6.08 Å². The number of nitrogens with one attached hydrogen (secondary N) is 1. The summed E-state index contributed by atoms with van der Waals surface area (Å²) in [6.07, 6.45) is 83.5. The Morgan fingerprint density at radius 1 is 0.368 bits per heavy atom. The van der Waals surface area contributed by atoms with Crippen LogP contribution in [0.3, 0.4) is 0 Å². The maximum Gasteiger partial charge on any atom is 0.305 e. The lowest BCUT2D eigenvalue weighted by molar-refractivity contribution is -0.143. The molecule has 0 aliphatic heterocycles. The highest BCUT2D eigenvalue weighted by molar-refractivity contribution is 5.76. The topological polar surface area (TPSA) is 95.9 Å². The third-order valence-corrected chi connectivity index (χ3v) is 15.9. The van der Waals surface area contributed by atoms with Gasteiger partial charge in [-0.3, -0.25) is 9.59 Å². The number of aliphatic hydroxyl groups is 2. The van der Waals surface area contributed by atoms with Crippen molar-refractivity contribution in [2.24, 2.45) is 0 Å². The number of ether oxygens (including phenoxy) is 1. The standard InChI is InChI=1S/C70H133NO5/c1-3-5-7-9-11-13-15-17-18-19-20-21-23-26-29-32-35-39-42-46-50-54-58-62-68(73)67(66-72)71-69(74)63-59-55-51-47-43-40-36-33-30-27-24-22-25-28-31-34-37-41-45-49-53-57-61-65-76-70(75)64-60-56-52-48-44-38-16-14-12-10-8-6-4-2/h8,10,14,16,58,62,67-68,72-73H,3-7,9,11-13,15,17-57,59-61,63-66H2,1-2H3,(H,71,74)/b10-8-,16-14-,62-58+. The zero-order valence-electron chi connectivity index (χ0n) is 51.3. The van der Waals surface area contributed by atoms with E-state index < -0.39 is 12.1 Å². The molecule has 448 valence electrons. The maximum absolute atomic E-state index is 12.5. The highest BCUT2D eigenvalue weighted by Crippen LogP contribution is 2.19. The van der Waals surface area contributed by atoms with E-state index in [-0.39, 0.29) is 18.5 Å². The van der Waals surface area contributed by atoms with Gasteiger partial charge in [-0.25, -0.2) is 0 Å². The molecule has 0 saturated heterocycles. The van der Waals surface area contributed by atoms with E-state index in [0.29, 0.717) is 19.4 Å². The fraction of sp³-hybridized carbons (Fsp3) is 0.886. The molecule has 0 heterocycles. The molecule has 0 aliphatic rings. The van der Waals surface area contributed by atoms with Gasteiger partial charge in [0.15, 0.2) is 0 Å². The number of amides is 1. The van der Waals surface area contributed by atoms with Gasteiger partial charge >= 0.3 is 5.97 Å². The first kappa shape index (κ1) is 74.1. The van der Waals surface area contributed by atoms with Crippen LogP contribution in [0.2, 0.25) is 0 Å². The SMILES string of the molecule is CCC/C=C\C/C=C\CCCCCCCC(=O)OCCCCCCCCCCCCCCCCCCCCCCCCCC(=O)NC(CO)C(O)/C=C/CCCCCCCCCCCCCCCCCCCCCCC.